The Morgan fingerprint density at radius 1 is 0.938 bits per heavy atom. The number of hydrogen-bond acceptors (Lipinski definition) is 8. The van der Waals surface area contributed by atoms with Crippen LogP contribution in [0.3, 0.4) is 0 Å². The normalized spacial score (nSPS) is 16.7. The fraction of sp³-hybridized carbons (Fsp3) is 0.378. The molecule has 0 aromatic heterocycles. The molecule has 3 aromatic rings. The Kier molecular flexibility index (Phi) is 10.3. The Morgan fingerprint density at radius 3 is 2.21 bits per heavy atom. The third-order valence-corrected chi connectivity index (χ3v) is 8.19. The Morgan fingerprint density at radius 2 is 1.60 bits per heavy atom. The molecule has 1 N–H and O–H groups in total. The first-order valence-corrected chi connectivity index (χ1v) is 16.1. The van der Waals surface area contributed by atoms with Crippen molar-refractivity contribution in [2.24, 2.45) is 4.99 Å². The molecular weight excluding hydrogens is 610 g/mol. The summed E-state index contributed by atoms with van der Waals surface area (Å²) in [6.07, 6.45) is -0.332. The number of carbonyl (C=O) groups is 4. The van der Waals surface area contributed by atoms with Gasteiger partial charge in [0.2, 0.25) is 11.8 Å². The molecule has 2 aliphatic rings. The molecule has 2 aliphatic heterocycles. The molecule has 1 saturated heterocycles. The number of benzene rings is 3. The molecule has 0 bridgehead atoms. The van der Waals surface area contributed by atoms with Crippen molar-refractivity contribution in [2.45, 2.75) is 52.2 Å². The molecule has 3 amide bonds. The molecule has 0 saturated carbocycles. The fourth-order valence-corrected chi connectivity index (χ4v) is 5.92. The van der Waals surface area contributed by atoms with Crippen molar-refractivity contribution >= 4 is 46.7 Å². The van der Waals surface area contributed by atoms with Crippen molar-refractivity contribution in [1.82, 2.24) is 9.80 Å². The third-order valence-electron chi connectivity index (χ3n) is 8.19. The van der Waals surface area contributed by atoms with Gasteiger partial charge in [-0.05, 0) is 82.1 Å². The number of anilines is 2. The summed E-state index contributed by atoms with van der Waals surface area (Å²) in [6, 6.07) is 21.9. The number of carbonyl (C=O) groups excluding carboxylic acids is 4. The summed E-state index contributed by atoms with van der Waals surface area (Å²) in [6.45, 7) is 11.9. The lowest BCUT2D eigenvalue weighted by Crippen LogP contribution is -2.53. The van der Waals surface area contributed by atoms with Crippen LogP contribution in [0.2, 0.25) is 0 Å². The first-order valence-electron chi connectivity index (χ1n) is 16.1. The van der Waals surface area contributed by atoms with E-state index >= 15 is 0 Å². The lowest BCUT2D eigenvalue weighted by Gasteiger charge is -2.36. The summed E-state index contributed by atoms with van der Waals surface area (Å²) in [4.78, 5) is 62.0. The summed E-state index contributed by atoms with van der Waals surface area (Å²) < 4.78 is 10.3. The molecule has 1 fully saturated rings. The molecule has 11 nitrogen and oxygen atoms in total. The average Bonchev–Trinajstić information content (AvgIpc) is 3.38. The zero-order chi connectivity index (χ0) is 34.6. The van der Waals surface area contributed by atoms with Gasteiger partial charge in [0.25, 0.3) is 0 Å². The Hall–Kier alpha value is -5.03. The molecule has 0 radical (unpaired) electrons. The first kappa shape index (κ1) is 34.3. The smallest absolute Gasteiger partial charge is 0.410 e. The van der Waals surface area contributed by atoms with Crippen molar-refractivity contribution in [3.05, 3.63) is 89.5 Å². The van der Waals surface area contributed by atoms with Crippen LogP contribution in [0.4, 0.5) is 21.9 Å². The first-order chi connectivity index (χ1) is 22.8. The number of fused-ring (bicyclic) bond motifs is 1. The van der Waals surface area contributed by atoms with Gasteiger partial charge in [-0.1, -0.05) is 36.4 Å². The van der Waals surface area contributed by atoms with E-state index in [4.69, 9.17) is 14.5 Å². The lowest BCUT2D eigenvalue weighted by atomic mass is 9.90. The SMILES string of the molecule is COC(=O)c1ccc2c(c1)NC(=O)C2C(=Nc1ccc(N(C(=O)CN2CCN(C(=O)OC(C)(C)C)CC2)C(C)C)cc1)c1ccccc1. The molecular formula is C37H43N5O6. The van der Waals surface area contributed by atoms with Crippen LogP contribution in [0.15, 0.2) is 77.8 Å². The lowest BCUT2D eigenvalue weighted by molar-refractivity contribution is -0.120. The molecule has 11 heteroatoms. The minimum Gasteiger partial charge on any atom is -0.465 e. The summed E-state index contributed by atoms with van der Waals surface area (Å²) >= 11 is 0. The van der Waals surface area contributed by atoms with Gasteiger partial charge in [0.1, 0.15) is 11.5 Å². The predicted octanol–water partition coefficient (Wildman–Crippen LogP) is 5.62. The highest BCUT2D eigenvalue weighted by Crippen LogP contribution is 2.37. The number of methoxy groups -OCH3 is 1. The van der Waals surface area contributed by atoms with Gasteiger partial charge in [-0.25, -0.2) is 9.59 Å². The second-order valence-electron chi connectivity index (χ2n) is 13.2. The quantitative estimate of drug-likeness (QED) is 0.247. The number of aliphatic imine (C=N–C) groups is 1. The van der Waals surface area contributed by atoms with Crippen molar-refractivity contribution in [2.75, 3.05) is 50.1 Å². The topological polar surface area (TPSA) is 121 Å². The molecule has 1 unspecified atom stereocenters. The number of hydrogen-bond donors (Lipinski definition) is 1. The van der Waals surface area contributed by atoms with Crippen molar-refractivity contribution in [3.63, 3.8) is 0 Å². The van der Waals surface area contributed by atoms with Crippen LogP contribution in [0, 0.1) is 0 Å². The van der Waals surface area contributed by atoms with Crippen LogP contribution >= 0.6 is 0 Å². The maximum atomic E-state index is 13.6. The van der Waals surface area contributed by atoms with Crippen molar-refractivity contribution < 1.29 is 28.7 Å². The fourth-order valence-electron chi connectivity index (χ4n) is 5.92. The van der Waals surface area contributed by atoms with Crippen LogP contribution in [0.5, 0.6) is 0 Å². The van der Waals surface area contributed by atoms with E-state index in [9.17, 15) is 19.2 Å². The van der Waals surface area contributed by atoms with E-state index in [0.717, 1.165) is 16.8 Å². The van der Waals surface area contributed by atoms with Crippen LogP contribution in [-0.2, 0) is 19.1 Å². The van der Waals surface area contributed by atoms with Crippen LogP contribution in [0.25, 0.3) is 0 Å². The van der Waals surface area contributed by atoms with Gasteiger partial charge in [0, 0.05) is 43.6 Å². The van der Waals surface area contributed by atoms with Crippen LogP contribution in [0.1, 0.15) is 62.0 Å². The number of esters is 1. The monoisotopic (exact) mass is 653 g/mol. The van der Waals surface area contributed by atoms with Gasteiger partial charge in [0.05, 0.1) is 30.6 Å². The van der Waals surface area contributed by atoms with Gasteiger partial charge in [-0.2, -0.15) is 0 Å². The number of rotatable bonds is 8. The van der Waals surface area contributed by atoms with Crippen molar-refractivity contribution in [3.8, 4) is 0 Å². The summed E-state index contributed by atoms with van der Waals surface area (Å²) in [5.74, 6) is -1.46. The molecule has 2 heterocycles. The molecule has 0 spiro atoms. The molecule has 1 atom stereocenters. The van der Waals surface area contributed by atoms with E-state index in [-0.39, 0.29) is 30.5 Å². The van der Waals surface area contributed by atoms with Gasteiger partial charge in [-0.3, -0.25) is 19.5 Å². The second-order valence-corrected chi connectivity index (χ2v) is 13.2. The Balaban J connectivity index is 1.34. The zero-order valence-electron chi connectivity index (χ0n) is 28.4. The van der Waals surface area contributed by atoms with E-state index in [0.29, 0.717) is 48.8 Å². The molecule has 3 aromatic carbocycles. The van der Waals surface area contributed by atoms with Crippen LogP contribution in [-0.4, -0.2) is 90.9 Å². The Bertz CT molecular complexity index is 1690. The maximum absolute atomic E-state index is 13.6. The summed E-state index contributed by atoms with van der Waals surface area (Å²) in [7, 11) is 1.32. The highest BCUT2D eigenvalue weighted by molar-refractivity contribution is 6.24. The third kappa shape index (κ3) is 7.91. The number of nitrogens with zero attached hydrogens (tertiary/aromatic N) is 4. The molecule has 0 aliphatic carbocycles. The summed E-state index contributed by atoms with van der Waals surface area (Å²) in [5, 5.41) is 2.90. The van der Waals surface area contributed by atoms with Gasteiger partial charge < -0.3 is 24.6 Å². The van der Waals surface area contributed by atoms with E-state index in [1.165, 1.54) is 7.11 Å². The standard InChI is InChI=1S/C37H43N5O6/c1-24(2)42(31(43)23-40-18-20-41(21-19-40)36(46)48-37(3,4)5)28-15-13-27(14-16-28)38-33(25-10-8-7-9-11-25)32-29-17-12-26(35(45)47-6)22-30(29)39-34(32)44/h7-17,22,24,32H,18-21,23H2,1-6H3,(H,39,44). The van der Waals surface area contributed by atoms with E-state index in [1.807, 2.05) is 89.2 Å². The van der Waals surface area contributed by atoms with Gasteiger partial charge in [0.15, 0.2) is 0 Å². The highest BCUT2D eigenvalue weighted by Gasteiger charge is 2.36. The molecule has 252 valence electrons. The highest BCUT2D eigenvalue weighted by atomic mass is 16.6. The molecule has 48 heavy (non-hydrogen) atoms. The number of piperazine rings is 1. The van der Waals surface area contributed by atoms with Gasteiger partial charge in [-0.15, -0.1) is 0 Å². The molecule has 5 rings (SSSR count). The number of nitrogens with one attached hydrogen (secondary N) is 1. The minimum atomic E-state index is -0.696. The Labute approximate surface area is 281 Å². The number of ether oxygens (including phenoxy) is 2. The van der Waals surface area contributed by atoms with Gasteiger partial charge >= 0.3 is 12.1 Å². The van der Waals surface area contributed by atoms with E-state index in [2.05, 4.69) is 10.2 Å². The largest absolute Gasteiger partial charge is 0.465 e. The second kappa shape index (κ2) is 14.4. The average molecular weight is 654 g/mol. The number of amides is 3. The summed E-state index contributed by atoms with van der Waals surface area (Å²) in [5.41, 5.74) is 3.77. The van der Waals surface area contributed by atoms with Crippen LogP contribution < -0.4 is 10.2 Å². The zero-order valence-corrected chi connectivity index (χ0v) is 28.4. The minimum absolute atomic E-state index is 0.0394. The predicted molar refractivity (Wildman–Crippen MR) is 185 cm³/mol. The van der Waals surface area contributed by atoms with E-state index in [1.54, 1.807) is 28.0 Å². The van der Waals surface area contributed by atoms with E-state index < -0.39 is 17.5 Å². The maximum Gasteiger partial charge on any atom is 0.410 e. The van der Waals surface area contributed by atoms with Crippen molar-refractivity contribution in [1.29, 1.82) is 0 Å².